The van der Waals surface area contributed by atoms with Crippen LogP contribution in [0.2, 0.25) is 0 Å². The van der Waals surface area contributed by atoms with E-state index in [1.165, 1.54) is 11.3 Å². The van der Waals surface area contributed by atoms with Crippen LogP contribution < -0.4 is 0 Å². The SMILES string of the molecule is Cc1cc(-c2c(F)cncc2F)cs1. The fraction of sp³-hybridized carbons (Fsp3) is 0.100. The van der Waals surface area contributed by atoms with E-state index in [-0.39, 0.29) is 5.56 Å². The first-order chi connectivity index (χ1) is 6.68. The van der Waals surface area contributed by atoms with Crippen molar-refractivity contribution in [2.45, 2.75) is 6.92 Å². The van der Waals surface area contributed by atoms with Crippen molar-refractivity contribution in [1.29, 1.82) is 0 Å². The van der Waals surface area contributed by atoms with Gasteiger partial charge in [-0.3, -0.25) is 4.98 Å². The lowest BCUT2D eigenvalue weighted by atomic mass is 10.1. The molecule has 0 fully saturated rings. The fourth-order valence-electron chi connectivity index (χ4n) is 1.26. The number of rotatable bonds is 1. The summed E-state index contributed by atoms with van der Waals surface area (Å²) < 4.78 is 26.5. The molecule has 2 heterocycles. The van der Waals surface area contributed by atoms with Crippen molar-refractivity contribution in [3.63, 3.8) is 0 Å². The van der Waals surface area contributed by atoms with Crippen molar-refractivity contribution in [3.8, 4) is 11.1 Å². The molecule has 0 radical (unpaired) electrons. The van der Waals surface area contributed by atoms with Crippen molar-refractivity contribution in [3.05, 3.63) is 40.4 Å². The number of pyridine rings is 1. The second-order valence-electron chi connectivity index (χ2n) is 2.92. The molecule has 2 rings (SSSR count). The topological polar surface area (TPSA) is 12.9 Å². The predicted octanol–water partition coefficient (Wildman–Crippen LogP) is 3.40. The number of aromatic nitrogens is 1. The number of aryl methyl sites for hydroxylation is 1. The first kappa shape index (κ1) is 9.27. The average Bonchev–Trinajstić information content (AvgIpc) is 2.51. The second kappa shape index (κ2) is 3.46. The van der Waals surface area contributed by atoms with Gasteiger partial charge in [-0.05, 0) is 23.9 Å². The van der Waals surface area contributed by atoms with E-state index in [0.29, 0.717) is 5.56 Å². The van der Waals surface area contributed by atoms with Gasteiger partial charge >= 0.3 is 0 Å². The van der Waals surface area contributed by atoms with Crippen LogP contribution in [0.3, 0.4) is 0 Å². The number of hydrogen-bond donors (Lipinski definition) is 0. The zero-order chi connectivity index (χ0) is 10.1. The molecule has 0 aromatic carbocycles. The van der Waals surface area contributed by atoms with Gasteiger partial charge in [0.1, 0.15) is 0 Å². The largest absolute Gasteiger partial charge is 0.259 e. The highest BCUT2D eigenvalue weighted by molar-refractivity contribution is 7.10. The van der Waals surface area contributed by atoms with Gasteiger partial charge in [-0.1, -0.05) is 0 Å². The molecule has 72 valence electrons. The van der Waals surface area contributed by atoms with Gasteiger partial charge in [0.15, 0.2) is 11.6 Å². The van der Waals surface area contributed by atoms with Crippen molar-refractivity contribution < 1.29 is 8.78 Å². The zero-order valence-electron chi connectivity index (χ0n) is 7.42. The number of hydrogen-bond acceptors (Lipinski definition) is 2. The molecule has 0 saturated heterocycles. The molecule has 0 saturated carbocycles. The Kier molecular flexibility index (Phi) is 2.29. The van der Waals surface area contributed by atoms with E-state index in [4.69, 9.17) is 0 Å². The molecule has 2 aromatic rings. The Bertz CT molecular complexity index is 445. The predicted molar refractivity (Wildman–Crippen MR) is 52.2 cm³/mol. The van der Waals surface area contributed by atoms with E-state index in [0.717, 1.165) is 17.3 Å². The minimum absolute atomic E-state index is 0.00403. The lowest BCUT2D eigenvalue weighted by Crippen LogP contribution is -1.89. The van der Waals surface area contributed by atoms with Gasteiger partial charge in [0.25, 0.3) is 0 Å². The zero-order valence-corrected chi connectivity index (χ0v) is 8.24. The highest BCUT2D eigenvalue weighted by Gasteiger charge is 2.12. The van der Waals surface area contributed by atoms with Crippen LogP contribution >= 0.6 is 11.3 Å². The van der Waals surface area contributed by atoms with Crippen LogP contribution in [0.15, 0.2) is 23.8 Å². The van der Waals surface area contributed by atoms with E-state index in [1.807, 2.05) is 6.92 Å². The minimum atomic E-state index is -0.622. The van der Waals surface area contributed by atoms with E-state index >= 15 is 0 Å². The number of halogens is 2. The molecule has 0 aliphatic rings. The molecular weight excluding hydrogens is 204 g/mol. The Balaban J connectivity index is 2.61. The molecule has 0 aliphatic heterocycles. The molecular formula is C10H7F2NS. The van der Waals surface area contributed by atoms with Crippen LogP contribution in [0, 0.1) is 18.6 Å². The second-order valence-corrected chi connectivity index (χ2v) is 4.04. The summed E-state index contributed by atoms with van der Waals surface area (Å²) >= 11 is 1.46. The number of thiophene rings is 1. The van der Waals surface area contributed by atoms with E-state index in [9.17, 15) is 8.78 Å². The molecule has 0 atom stereocenters. The van der Waals surface area contributed by atoms with Crippen LogP contribution in [0.4, 0.5) is 8.78 Å². The Morgan fingerprint density at radius 1 is 1.21 bits per heavy atom. The van der Waals surface area contributed by atoms with Crippen molar-refractivity contribution >= 4 is 11.3 Å². The Morgan fingerprint density at radius 2 is 1.86 bits per heavy atom. The highest BCUT2D eigenvalue weighted by atomic mass is 32.1. The van der Waals surface area contributed by atoms with E-state index < -0.39 is 11.6 Å². The first-order valence-corrected chi connectivity index (χ1v) is 4.91. The highest BCUT2D eigenvalue weighted by Crippen LogP contribution is 2.28. The summed E-state index contributed by atoms with van der Waals surface area (Å²) in [5.41, 5.74) is 0.578. The maximum atomic E-state index is 13.2. The lowest BCUT2D eigenvalue weighted by Gasteiger charge is -2.00. The third kappa shape index (κ3) is 1.53. The van der Waals surface area contributed by atoms with Crippen LogP contribution in [-0.2, 0) is 0 Å². The first-order valence-electron chi connectivity index (χ1n) is 4.03. The maximum Gasteiger partial charge on any atom is 0.152 e. The quantitative estimate of drug-likeness (QED) is 0.704. The van der Waals surface area contributed by atoms with Crippen molar-refractivity contribution in [2.75, 3.05) is 0 Å². The molecule has 1 nitrogen and oxygen atoms in total. The molecule has 0 N–H and O–H groups in total. The number of nitrogens with zero attached hydrogens (tertiary/aromatic N) is 1. The van der Waals surface area contributed by atoms with Crippen molar-refractivity contribution in [2.24, 2.45) is 0 Å². The van der Waals surface area contributed by atoms with Gasteiger partial charge in [0, 0.05) is 4.88 Å². The maximum absolute atomic E-state index is 13.2. The third-order valence-electron chi connectivity index (χ3n) is 1.87. The monoisotopic (exact) mass is 211 g/mol. The van der Waals surface area contributed by atoms with Gasteiger partial charge in [0.05, 0.1) is 18.0 Å². The third-order valence-corrected chi connectivity index (χ3v) is 2.73. The molecule has 0 spiro atoms. The molecule has 14 heavy (non-hydrogen) atoms. The molecule has 0 amide bonds. The normalized spacial score (nSPS) is 10.5. The van der Waals surface area contributed by atoms with Gasteiger partial charge in [-0.15, -0.1) is 11.3 Å². The minimum Gasteiger partial charge on any atom is -0.259 e. The van der Waals surface area contributed by atoms with Crippen LogP contribution in [-0.4, -0.2) is 4.98 Å². The summed E-state index contributed by atoms with van der Waals surface area (Å²) in [4.78, 5) is 4.45. The van der Waals surface area contributed by atoms with Gasteiger partial charge < -0.3 is 0 Å². The van der Waals surface area contributed by atoms with Gasteiger partial charge in [0.2, 0.25) is 0 Å². The Hall–Kier alpha value is -1.29. The van der Waals surface area contributed by atoms with E-state index in [2.05, 4.69) is 4.98 Å². The summed E-state index contributed by atoms with van der Waals surface area (Å²) in [7, 11) is 0. The Morgan fingerprint density at radius 3 is 2.36 bits per heavy atom. The molecule has 2 aromatic heterocycles. The van der Waals surface area contributed by atoms with Crippen LogP contribution in [0.5, 0.6) is 0 Å². The summed E-state index contributed by atoms with van der Waals surface area (Å²) in [6.45, 7) is 1.89. The molecule has 4 heteroatoms. The fourth-order valence-corrected chi connectivity index (χ4v) is 1.96. The lowest BCUT2D eigenvalue weighted by molar-refractivity contribution is 0.579. The van der Waals surface area contributed by atoms with E-state index in [1.54, 1.807) is 11.4 Å². The molecule has 0 bridgehead atoms. The van der Waals surface area contributed by atoms with Crippen LogP contribution in [0.25, 0.3) is 11.1 Å². The van der Waals surface area contributed by atoms with Crippen molar-refractivity contribution in [1.82, 2.24) is 4.98 Å². The summed E-state index contributed by atoms with van der Waals surface area (Å²) in [6.07, 6.45) is 2.04. The standard InChI is InChI=1S/C10H7F2NS/c1-6-2-7(5-14-6)10-8(11)3-13-4-9(10)12/h2-5H,1H3. The molecule has 0 aliphatic carbocycles. The van der Waals surface area contributed by atoms with Crippen LogP contribution in [0.1, 0.15) is 4.88 Å². The molecule has 0 unspecified atom stereocenters. The summed E-state index contributed by atoms with van der Waals surface area (Å²) in [6, 6.07) is 1.76. The van der Waals surface area contributed by atoms with Gasteiger partial charge in [-0.25, -0.2) is 8.78 Å². The smallest absolute Gasteiger partial charge is 0.152 e. The van der Waals surface area contributed by atoms with Gasteiger partial charge in [-0.2, -0.15) is 0 Å². The summed E-state index contributed by atoms with van der Waals surface area (Å²) in [5.74, 6) is -1.24. The average molecular weight is 211 g/mol. The summed E-state index contributed by atoms with van der Waals surface area (Å²) in [5, 5.41) is 1.73. The Labute approximate surface area is 84.0 Å².